The average Bonchev–Trinajstić information content (AvgIpc) is 2.56. The third kappa shape index (κ3) is 5.06. The summed E-state index contributed by atoms with van der Waals surface area (Å²) >= 11 is 0. The summed E-state index contributed by atoms with van der Waals surface area (Å²) in [5.74, 6) is -0.119. The van der Waals surface area contributed by atoms with Crippen molar-refractivity contribution in [3.63, 3.8) is 0 Å². The number of rotatable bonds is 5. The van der Waals surface area contributed by atoms with Crippen LogP contribution in [0.25, 0.3) is 0 Å². The largest absolute Gasteiger partial charge is 0.331 e. The van der Waals surface area contributed by atoms with Crippen LogP contribution < -0.4 is 10.2 Å². The van der Waals surface area contributed by atoms with Crippen LogP contribution in [0.15, 0.2) is 24.3 Å². The van der Waals surface area contributed by atoms with Gasteiger partial charge in [0.05, 0.1) is 19.6 Å². The van der Waals surface area contributed by atoms with Gasteiger partial charge in [-0.1, -0.05) is 17.7 Å². The third-order valence-corrected chi connectivity index (χ3v) is 4.57. The number of nitrogens with one attached hydrogen (secondary N) is 2. The van der Waals surface area contributed by atoms with Crippen LogP contribution >= 0.6 is 0 Å². The standard InChI is InChI=1S/C18H27N3O2/c1-14-7-9-16(10-8-14)19-17(22)13-20(3)18(23)15(2)21-11-5-4-6-12-21/h7-10,15H,4-6,11-13H2,1-3H3,(H,19,22)/p+1/t15-/m1/s1. The van der Waals surface area contributed by atoms with Gasteiger partial charge >= 0.3 is 0 Å². The smallest absolute Gasteiger partial charge is 0.280 e. The zero-order valence-electron chi connectivity index (χ0n) is 14.4. The lowest BCUT2D eigenvalue weighted by molar-refractivity contribution is -0.919. The molecule has 0 unspecified atom stereocenters. The zero-order chi connectivity index (χ0) is 16.8. The van der Waals surface area contributed by atoms with E-state index in [1.807, 2.05) is 38.1 Å². The molecule has 0 spiro atoms. The number of amides is 2. The molecule has 0 radical (unpaired) electrons. The van der Waals surface area contributed by atoms with E-state index >= 15 is 0 Å². The number of hydrogen-bond acceptors (Lipinski definition) is 2. The van der Waals surface area contributed by atoms with E-state index in [9.17, 15) is 9.59 Å². The van der Waals surface area contributed by atoms with E-state index in [4.69, 9.17) is 0 Å². The number of aryl methyl sites for hydroxylation is 1. The predicted octanol–water partition coefficient (Wildman–Crippen LogP) is 0.849. The van der Waals surface area contributed by atoms with Gasteiger partial charge in [0.15, 0.2) is 6.04 Å². The Balaban J connectivity index is 1.84. The van der Waals surface area contributed by atoms with Gasteiger partial charge in [0.2, 0.25) is 5.91 Å². The molecule has 1 aliphatic rings. The van der Waals surface area contributed by atoms with Gasteiger partial charge in [-0.25, -0.2) is 0 Å². The molecule has 1 aliphatic heterocycles. The second kappa shape index (κ2) is 8.11. The van der Waals surface area contributed by atoms with Gasteiger partial charge in [-0.05, 0) is 45.2 Å². The van der Waals surface area contributed by atoms with Crippen LogP contribution in [0, 0.1) is 6.92 Å². The number of quaternary nitrogens is 1. The molecule has 0 bridgehead atoms. The Morgan fingerprint density at radius 3 is 2.39 bits per heavy atom. The average molecular weight is 318 g/mol. The highest BCUT2D eigenvalue weighted by molar-refractivity contribution is 5.94. The number of anilines is 1. The van der Waals surface area contributed by atoms with Gasteiger partial charge in [-0.15, -0.1) is 0 Å². The first-order valence-electron chi connectivity index (χ1n) is 8.43. The van der Waals surface area contributed by atoms with Crippen molar-refractivity contribution in [3.05, 3.63) is 29.8 Å². The van der Waals surface area contributed by atoms with Crippen molar-refractivity contribution in [1.29, 1.82) is 0 Å². The van der Waals surface area contributed by atoms with E-state index in [1.165, 1.54) is 29.1 Å². The first kappa shape index (κ1) is 17.5. The van der Waals surface area contributed by atoms with Crippen LogP contribution in [0.1, 0.15) is 31.7 Å². The minimum atomic E-state index is -0.162. The number of benzene rings is 1. The second-order valence-corrected chi connectivity index (χ2v) is 6.55. The van der Waals surface area contributed by atoms with Crippen LogP contribution in [0.2, 0.25) is 0 Å². The molecule has 1 fully saturated rings. The summed E-state index contributed by atoms with van der Waals surface area (Å²) in [6, 6.07) is 7.57. The predicted molar refractivity (Wildman–Crippen MR) is 91.5 cm³/mol. The van der Waals surface area contributed by atoms with E-state index < -0.39 is 0 Å². The molecule has 0 aliphatic carbocycles. The van der Waals surface area contributed by atoms with Crippen molar-refractivity contribution < 1.29 is 14.5 Å². The van der Waals surface area contributed by atoms with Crippen LogP contribution in [0.5, 0.6) is 0 Å². The van der Waals surface area contributed by atoms with Crippen LogP contribution in [0.4, 0.5) is 5.69 Å². The highest BCUT2D eigenvalue weighted by Gasteiger charge is 2.29. The summed E-state index contributed by atoms with van der Waals surface area (Å²) in [5.41, 5.74) is 1.91. The lowest BCUT2D eigenvalue weighted by Gasteiger charge is -2.30. The fourth-order valence-corrected chi connectivity index (χ4v) is 3.07. The molecule has 2 amide bonds. The minimum Gasteiger partial charge on any atom is -0.331 e. The van der Waals surface area contributed by atoms with Crippen molar-refractivity contribution in [2.24, 2.45) is 0 Å². The van der Waals surface area contributed by atoms with Gasteiger partial charge in [0, 0.05) is 12.7 Å². The van der Waals surface area contributed by atoms with E-state index in [0.29, 0.717) is 0 Å². The number of piperidine rings is 1. The molecule has 2 N–H and O–H groups in total. The van der Waals surface area contributed by atoms with Crippen molar-refractivity contribution in [2.45, 2.75) is 39.2 Å². The third-order valence-electron chi connectivity index (χ3n) is 4.57. The Hall–Kier alpha value is -1.88. The lowest BCUT2D eigenvalue weighted by atomic mass is 10.1. The second-order valence-electron chi connectivity index (χ2n) is 6.55. The molecule has 1 aromatic rings. The Morgan fingerprint density at radius 2 is 1.78 bits per heavy atom. The maximum atomic E-state index is 12.5. The number of carbonyl (C=O) groups is 2. The Morgan fingerprint density at radius 1 is 1.17 bits per heavy atom. The zero-order valence-corrected chi connectivity index (χ0v) is 14.4. The molecule has 1 saturated heterocycles. The molecule has 23 heavy (non-hydrogen) atoms. The monoisotopic (exact) mass is 318 g/mol. The van der Waals surface area contributed by atoms with E-state index in [0.717, 1.165) is 24.3 Å². The highest BCUT2D eigenvalue weighted by Crippen LogP contribution is 2.08. The summed E-state index contributed by atoms with van der Waals surface area (Å²) < 4.78 is 0. The van der Waals surface area contributed by atoms with E-state index in [2.05, 4.69) is 5.32 Å². The number of likely N-dealkylation sites (N-methyl/N-ethyl adjacent to an activating group) is 1. The minimum absolute atomic E-state index is 0.0426. The van der Waals surface area contributed by atoms with Crippen LogP contribution in [-0.2, 0) is 9.59 Å². The fraction of sp³-hybridized carbons (Fsp3) is 0.556. The van der Waals surface area contributed by atoms with E-state index in [-0.39, 0.29) is 24.4 Å². The molecule has 0 saturated carbocycles. The number of carbonyl (C=O) groups excluding carboxylic acids is 2. The molecular weight excluding hydrogens is 290 g/mol. The van der Waals surface area contributed by atoms with Gasteiger partial charge < -0.3 is 15.1 Å². The Bertz CT molecular complexity index is 536. The number of likely N-dealkylation sites (tertiary alicyclic amines) is 1. The summed E-state index contributed by atoms with van der Waals surface area (Å²) in [6.45, 7) is 6.16. The molecule has 126 valence electrons. The van der Waals surface area contributed by atoms with Crippen LogP contribution in [0.3, 0.4) is 0 Å². The maximum Gasteiger partial charge on any atom is 0.280 e. The highest BCUT2D eigenvalue weighted by atomic mass is 16.2. The molecule has 5 nitrogen and oxygen atoms in total. The lowest BCUT2D eigenvalue weighted by Crippen LogP contribution is -3.17. The van der Waals surface area contributed by atoms with Gasteiger partial charge in [0.1, 0.15) is 0 Å². The van der Waals surface area contributed by atoms with Crippen LogP contribution in [-0.4, -0.2) is 49.4 Å². The Kier molecular flexibility index (Phi) is 6.16. The first-order valence-corrected chi connectivity index (χ1v) is 8.43. The molecule has 1 aromatic carbocycles. The molecular formula is C18H28N3O2+. The first-order chi connectivity index (χ1) is 11.0. The number of nitrogens with zero attached hydrogens (tertiary/aromatic N) is 1. The van der Waals surface area contributed by atoms with Crippen molar-refractivity contribution in [2.75, 3.05) is 32.0 Å². The molecule has 1 atom stereocenters. The van der Waals surface area contributed by atoms with Gasteiger partial charge in [0.25, 0.3) is 5.91 Å². The topological polar surface area (TPSA) is 53.9 Å². The quantitative estimate of drug-likeness (QED) is 0.846. The normalized spacial score (nSPS) is 16.7. The van der Waals surface area contributed by atoms with Gasteiger partial charge in [-0.2, -0.15) is 0 Å². The fourth-order valence-electron chi connectivity index (χ4n) is 3.07. The summed E-state index contributed by atoms with van der Waals surface area (Å²) in [7, 11) is 1.71. The maximum absolute atomic E-state index is 12.5. The number of hydrogen-bond donors (Lipinski definition) is 2. The molecule has 2 rings (SSSR count). The molecule has 5 heteroatoms. The van der Waals surface area contributed by atoms with Gasteiger partial charge in [-0.3, -0.25) is 9.59 Å². The Labute approximate surface area is 138 Å². The summed E-state index contributed by atoms with van der Waals surface area (Å²) in [5, 5.41) is 2.83. The summed E-state index contributed by atoms with van der Waals surface area (Å²) in [4.78, 5) is 27.5. The molecule has 0 aromatic heterocycles. The SMILES string of the molecule is Cc1ccc(NC(=O)CN(C)C(=O)[C@@H](C)[NH+]2CCCCC2)cc1. The van der Waals surface area contributed by atoms with Crippen molar-refractivity contribution >= 4 is 17.5 Å². The molecule has 1 heterocycles. The van der Waals surface area contributed by atoms with Crippen molar-refractivity contribution in [1.82, 2.24) is 4.90 Å². The summed E-state index contributed by atoms with van der Waals surface area (Å²) in [6.07, 6.45) is 3.63. The van der Waals surface area contributed by atoms with E-state index in [1.54, 1.807) is 7.05 Å². The van der Waals surface area contributed by atoms with Crippen molar-refractivity contribution in [3.8, 4) is 0 Å².